The van der Waals surface area contributed by atoms with E-state index in [9.17, 15) is 9.59 Å². The van der Waals surface area contributed by atoms with Crippen LogP contribution in [0.3, 0.4) is 0 Å². The smallest absolute Gasteiger partial charge is 0.257 e. The third kappa shape index (κ3) is 4.23. The minimum Gasteiger partial charge on any atom is -0.369 e. The van der Waals surface area contributed by atoms with E-state index in [1.807, 2.05) is 11.0 Å². The van der Waals surface area contributed by atoms with Crippen LogP contribution < -0.4 is 10.6 Å². The summed E-state index contributed by atoms with van der Waals surface area (Å²) in [6.07, 6.45) is 4.77. The lowest BCUT2D eigenvalue weighted by Crippen LogP contribution is -2.47. The van der Waals surface area contributed by atoms with Gasteiger partial charge in [-0.3, -0.25) is 14.5 Å². The SMILES string of the molecule is O=C1CN(CCCNc2ncccc2C(=O)N2CCCC2)CCN1. The number of rotatable bonds is 6. The van der Waals surface area contributed by atoms with Crippen molar-refractivity contribution in [2.75, 3.05) is 51.1 Å². The van der Waals surface area contributed by atoms with Crippen LogP contribution in [0.2, 0.25) is 0 Å². The molecule has 0 aromatic carbocycles. The average Bonchev–Trinajstić information content (AvgIpc) is 3.13. The van der Waals surface area contributed by atoms with Crippen LogP contribution in [0, 0.1) is 0 Å². The Balaban J connectivity index is 1.50. The van der Waals surface area contributed by atoms with E-state index in [4.69, 9.17) is 0 Å². The van der Waals surface area contributed by atoms with Gasteiger partial charge in [-0.05, 0) is 31.4 Å². The molecule has 2 N–H and O–H groups in total. The largest absolute Gasteiger partial charge is 0.369 e. The predicted molar refractivity (Wildman–Crippen MR) is 91.9 cm³/mol. The first-order valence-electron chi connectivity index (χ1n) is 8.71. The van der Waals surface area contributed by atoms with Crippen LogP contribution in [0.1, 0.15) is 29.6 Å². The summed E-state index contributed by atoms with van der Waals surface area (Å²) in [6.45, 7) is 5.36. The maximum Gasteiger partial charge on any atom is 0.257 e. The Hall–Kier alpha value is -2.15. The van der Waals surface area contributed by atoms with E-state index < -0.39 is 0 Å². The van der Waals surface area contributed by atoms with E-state index in [1.54, 1.807) is 12.3 Å². The highest BCUT2D eigenvalue weighted by Gasteiger charge is 2.22. The fraction of sp³-hybridized carbons (Fsp3) is 0.588. The lowest BCUT2D eigenvalue weighted by molar-refractivity contribution is -0.124. The molecule has 7 heteroatoms. The maximum atomic E-state index is 12.6. The average molecular weight is 331 g/mol. The number of amides is 2. The van der Waals surface area contributed by atoms with Gasteiger partial charge in [-0.25, -0.2) is 4.98 Å². The van der Waals surface area contributed by atoms with Crippen LogP contribution in [-0.2, 0) is 4.79 Å². The molecule has 0 unspecified atom stereocenters. The summed E-state index contributed by atoms with van der Waals surface area (Å²) in [5.41, 5.74) is 0.650. The fourth-order valence-electron chi connectivity index (χ4n) is 3.20. The molecule has 3 rings (SSSR count). The molecule has 130 valence electrons. The third-order valence-corrected chi connectivity index (χ3v) is 4.49. The zero-order valence-corrected chi connectivity index (χ0v) is 14.0. The molecule has 0 saturated carbocycles. The van der Waals surface area contributed by atoms with E-state index >= 15 is 0 Å². The number of likely N-dealkylation sites (tertiary alicyclic amines) is 1. The van der Waals surface area contributed by atoms with Crippen molar-refractivity contribution in [3.63, 3.8) is 0 Å². The van der Waals surface area contributed by atoms with Crippen LogP contribution in [0.5, 0.6) is 0 Å². The molecular weight excluding hydrogens is 306 g/mol. The van der Waals surface area contributed by atoms with E-state index in [-0.39, 0.29) is 11.8 Å². The zero-order valence-electron chi connectivity index (χ0n) is 14.0. The molecule has 1 aromatic heterocycles. The van der Waals surface area contributed by atoms with Crippen LogP contribution in [-0.4, -0.2) is 72.4 Å². The fourth-order valence-corrected chi connectivity index (χ4v) is 3.20. The van der Waals surface area contributed by atoms with Gasteiger partial charge in [-0.2, -0.15) is 0 Å². The molecule has 2 aliphatic rings. The second-order valence-electron chi connectivity index (χ2n) is 6.31. The lowest BCUT2D eigenvalue weighted by Gasteiger charge is -2.26. The molecule has 2 aliphatic heterocycles. The van der Waals surface area contributed by atoms with Crippen LogP contribution >= 0.6 is 0 Å². The Morgan fingerprint density at radius 2 is 2.12 bits per heavy atom. The van der Waals surface area contributed by atoms with E-state index in [1.165, 1.54) is 0 Å². The number of anilines is 1. The molecule has 1 aromatic rings. The van der Waals surface area contributed by atoms with Gasteiger partial charge in [0.1, 0.15) is 5.82 Å². The molecule has 0 aliphatic carbocycles. The highest BCUT2D eigenvalue weighted by atomic mass is 16.2. The highest BCUT2D eigenvalue weighted by molar-refractivity contribution is 5.98. The summed E-state index contributed by atoms with van der Waals surface area (Å²) in [4.78, 5) is 32.3. The molecule has 24 heavy (non-hydrogen) atoms. The van der Waals surface area contributed by atoms with E-state index in [2.05, 4.69) is 20.5 Å². The summed E-state index contributed by atoms with van der Waals surface area (Å²) in [5, 5.41) is 6.11. The number of piperazine rings is 1. The molecule has 0 bridgehead atoms. The van der Waals surface area contributed by atoms with Crippen LogP contribution in [0.4, 0.5) is 5.82 Å². The van der Waals surface area contributed by atoms with Crippen LogP contribution in [0.25, 0.3) is 0 Å². The monoisotopic (exact) mass is 331 g/mol. The molecule has 3 heterocycles. The van der Waals surface area contributed by atoms with Crippen molar-refractivity contribution in [3.05, 3.63) is 23.9 Å². The Bertz CT molecular complexity index is 586. The maximum absolute atomic E-state index is 12.6. The number of carbonyl (C=O) groups is 2. The van der Waals surface area contributed by atoms with Crippen molar-refractivity contribution in [3.8, 4) is 0 Å². The molecule has 2 saturated heterocycles. The molecular formula is C17H25N5O2. The van der Waals surface area contributed by atoms with Crippen LogP contribution in [0.15, 0.2) is 18.3 Å². The standard InChI is InChI=1S/C17H25N5O2/c23-15-13-21(12-8-18-15)9-4-7-20-16-14(5-3-6-19-16)17(24)22-10-1-2-11-22/h3,5-6H,1-2,4,7-13H2,(H,18,23)(H,19,20). The van der Waals surface area contributed by atoms with Gasteiger partial charge in [0.05, 0.1) is 12.1 Å². The molecule has 2 amide bonds. The quantitative estimate of drug-likeness (QED) is 0.745. The molecule has 0 radical (unpaired) electrons. The van der Waals surface area contributed by atoms with Gasteiger partial charge in [0, 0.05) is 45.5 Å². The van der Waals surface area contributed by atoms with Gasteiger partial charge < -0.3 is 15.5 Å². The number of aromatic nitrogens is 1. The first-order valence-corrected chi connectivity index (χ1v) is 8.71. The van der Waals surface area contributed by atoms with Crippen molar-refractivity contribution in [2.24, 2.45) is 0 Å². The first kappa shape index (κ1) is 16.7. The summed E-state index contributed by atoms with van der Waals surface area (Å²) < 4.78 is 0. The summed E-state index contributed by atoms with van der Waals surface area (Å²) in [5.74, 6) is 0.819. The normalized spacial score (nSPS) is 18.5. The molecule has 7 nitrogen and oxygen atoms in total. The predicted octanol–water partition coefficient (Wildman–Crippen LogP) is 0.551. The van der Waals surface area contributed by atoms with Gasteiger partial charge in [-0.1, -0.05) is 0 Å². The Morgan fingerprint density at radius 1 is 1.29 bits per heavy atom. The van der Waals surface area contributed by atoms with E-state index in [0.29, 0.717) is 17.9 Å². The number of hydrogen-bond donors (Lipinski definition) is 2. The van der Waals surface area contributed by atoms with E-state index in [0.717, 1.165) is 58.5 Å². The molecule has 0 atom stereocenters. The summed E-state index contributed by atoms with van der Waals surface area (Å²) in [6, 6.07) is 3.64. The third-order valence-electron chi connectivity index (χ3n) is 4.49. The van der Waals surface area contributed by atoms with Gasteiger partial charge >= 0.3 is 0 Å². The highest BCUT2D eigenvalue weighted by Crippen LogP contribution is 2.18. The van der Waals surface area contributed by atoms with Gasteiger partial charge in [0.25, 0.3) is 5.91 Å². The van der Waals surface area contributed by atoms with Crippen molar-refractivity contribution < 1.29 is 9.59 Å². The van der Waals surface area contributed by atoms with Crippen molar-refractivity contribution in [1.29, 1.82) is 0 Å². The Morgan fingerprint density at radius 3 is 2.92 bits per heavy atom. The van der Waals surface area contributed by atoms with Crippen molar-refractivity contribution in [2.45, 2.75) is 19.3 Å². The zero-order chi connectivity index (χ0) is 16.8. The van der Waals surface area contributed by atoms with Gasteiger partial charge in [-0.15, -0.1) is 0 Å². The summed E-state index contributed by atoms with van der Waals surface area (Å²) >= 11 is 0. The second-order valence-corrected chi connectivity index (χ2v) is 6.31. The summed E-state index contributed by atoms with van der Waals surface area (Å²) in [7, 11) is 0. The number of pyridine rings is 1. The second kappa shape index (κ2) is 8.10. The number of nitrogens with one attached hydrogen (secondary N) is 2. The minimum atomic E-state index is 0.0656. The van der Waals surface area contributed by atoms with Gasteiger partial charge in [0.15, 0.2) is 0 Å². The molecule has 0 spiro atoms. The number of carbonyl (C=O) groups excluding carboxylic acids is 2. The Kier molecular flexibility index (Phi) is 5.63. The van der Waals surface area contributed by atoms with Crippen molar-refractivity contribution >= 4 is 17.6 Å². The topological polar surface area (TPSA) is 77.6 Å². The van der Waals surface area contributed by atoms with Gasteiger partial charge in [0.2, 0.25) is 5.91 Å². The first-order chi connectivity index (χ1) is 11.7. The number of hydrogen-bond acceptors (Lipinski definition) is 5. The Labute approximate surface area is 142 Å². The molecule has 2 fully saturated rings. The van der Waals surface area contributed by atoms with Crippen molar-refractivity contribution in [1.82, 2.24) is 20.1 Å². The number of nitrogens with zero attached hydrogens (tertiary/aromatic N) is 3. The lowest BCUT2D eigenvalue weighted by atomic mass is 10.2. The minimum absolute atomic E-state index is 0.0656.